The normalized spacial score (nSPS) is 10.6. The lowest BCUT2D eigenvalue weighted by Crippen LogP contribution is -2.27. The molecule has 0 radical (unpaired) electrons. The lowest BCUT2D eigenvalue weighted by atomic mass is 10.1. The molecule has 0 atom stereocenters. The molecular formula is C13H20N2O3. The van der Waals surface area contributed by atoms with Crippen LogP contribution in [0.3, 0.4) is 0 Å². The summed E-state index contributed by atoms with van der Waals surface area (Å²) < 4.78 is 5.36. The van der Waals surface area contributed by atoms with Gasteiger partial charge in [-0.3, -0.25) is 9.69 Å². The van der Waals surface area contributed by atoms with E-state index in [1.807, 2.05) is 25.1 Å². The van der Waals surface area contributed by atoms with E-state index in [0.29, 0.717) is 24.6 Å². The summed E-state index contributed by atoms with van der Waals surface area (Å²) in [4.78, 5) is 12.3. The zero-order valence-corrected chi connectivity index (χ0v) is 10.8. The second kappa shape index (κ2) is 6.86. The van der Waals surface area contributed by atoms with Crippen LogP contribution in [-0.4, -0.2) is 42.7 Å². The number of carboxylic acid groups (broad SMARTS) is 1. The van der Waals surface area contributed by atoms with Gasteiger partial charge in [0.2, 0.25) is 0 Å². The zero-order valence-electron chi connectivity index (χ0n) is 10.8. The van der Waals surface area contributed by atoms with E-state index in [0.717, 1.165) is 12.0 Å². The summed E-state index contributed by atoms with van der Waals surface area (Å²) in [5, 5.41) is 8.64. The first-order valence-electron chi connectivity index (χ1n) is 5.94. The smallest absolute Gasteiger partial charge is 0.317 e. The zero-order chi connectivity index (χ0) is 13.5. The number of rotatable bonds is 7. The summed E-state index contributed by atoms with van der Waals surface area (Å²) in [6.45, 7) is 3.23. The van der Waals surface area contributed by atoms with Gasteiger partial charge in [0.05, 0.1) is 18.8 Å². The molecule has 100 valence electrons. The minimum atomic E-state index is -0.816. The highest BCUT2D eigenvalue weighted by molar-refractivity contribution is 5.69. The third kappa shape index (κ3) is 4.63. The Bertz CT molecular complexity index is 407. The van der Waals surface area contributed by atoms with E-state index in [1.54, 1.807) is 11.9 Å². The molecule has 5 nitrogen and oxygen atoms in total. The molecule has 1 aromatic rings. The Morgan fingerprint density at radius 3 is 2.78 bits per heavy atom. The van der Waals surface area contributed by atoms with Crippen LogP contribution in [0.25, 0.3) is 0 Å². The highest BCUT2D eigenvalue weighted by atomic mass is 16.5. The highest BCUT2D eigenvalue weighted by Gasteiger charge is 2.06. The van der Waals surface area contributed by atoms with Gasteiger partial charge in [-0.15, -0.1) is 0 Å². The number of nitrogens with two attached hydrogens (primary N) is 1. The molecule has 0 saturated carbocycles. The van der Waals surface area contributed by atoms with E-state index in [1.165, 1.54) is 0 Å². The first kappa shape index (κ1) is 14.3. The van der Waals surface area contributed by atoms with Crippen molar-refractivity contribution in [3.05, 3.63) is 23.8 Å². The third-order valence-electron chi connectivity index (χ3n) is 2.56. The molecule has 0 heterocycles. The van der Waals surface area contributed by atoms with E-state index in [2.05, 4.69) is 0 Å². The van der Waals surface area contributed by atoms with Gasteiger partial charge < -0.3 is 15.6 Å². The van der Waals surface area contributed by atoms with Gasteiger partial charge in [-0.2, -0.15) is 0 Å². The van der Waals surface area contributed by atoms with Crippen molar-refractivity contribution in [2.24, 2.45) is 0 Å². The Morgan fingerprint density at radius 1 is 1.50 bits per heavy atom. The second-order valence-corrected chi connectivity index (χ2v) is 4.19. The Labute approximate surface area is 107 Å². The van der Waals surface area contributed by atoms with Crippen molar-refractivity contribution in [2.45, 2.75) is 13.3 Å². The average Bonchev–Trinajstić information content (AvgIpc) is 2.29. The number of likely N-dealkylation sites (N-methyl/N-ethyl adjacent to an activating group) is 1. The first-order chi connectivity index (χ1) is 8.52. The number of carbonyl (C=O) groups is 1. The molecule has 0 fully saturated rings. The number of aliphatic carboxylic acids is 1. The Kier molecular flexibility index (Phi) is 5.45. The van der Waals surface area contributed by atoms with Crippen LogP contribution in [-0.2, 0) is 11.2 Å². The molecule has 0 aliphatic rings. The minimum absolute atomic E-state index is 0.0481. The predicted octanol–water partition coefficient (Wildman–Crippen LogP) is 1.23. The van der Waals surface area contributed by atoms with Crippen LogP contribution in [0.15, 0.2) is 18.2 Å². The maximum atomic E-state index is 10.5. The number of benzene rings is 1. The number of carboxylic acids is 1. The molecule has 0 unspecified atom stereocenters. The minimum Gasteiger partial charge on any atom is -0.492 e. The molecule has 1 aromatic carbocycles. The predicted molar refractivity (Wildman–Crippen MR) is 70.9 cm³/mol. The summed E-state index contributed by atoms with van der Waals surface area (Å²) in [7, 11) is 1.78. The molecule has 5 heteroatoms. The fourth-order valence-corrected chi connectivity index (χ4v) is 1.67. The third-order valence-corrected chi connectivity index (χ3v) is 2.56. The van der Waals surface area contributed by atoms with Crippen molar-refractivity contribution >= 4 is 11.7 Å². The highest BCUT2D eigenvalue weighted by Crippen LogP contribution is 2.22. The van der Waals surface area contributed by atoms with Crippen LogP contribution in [0.4, 0.5) is 5.69 Å². The van der Waals surface area contributed by atoms with Gasteiger partial charge in [0, 0.05) is 6.54 Å². The molecule has 0 bridgehead atoms. The number of hydrogen-bond acceptors (Lipinski definition) is 4. The van der Waals surface area contributed by atoms with Crippen LogP contribution in [0.1, 0.15) is 12.5 Å². The molecule has 0 spiro atoms. The monoisotopic (exact) mass is 252 g/mol. The maximum Gasteiger partial charge on any atom is 0.317 e. The number of ether oxygens (including phenoxy) is 1. The van der Waals surface area contributed by atoms with E-state index < -0.39 is 5.97 Å². The van der Waals surface area contributed by atoms with Gasteiger partial charge in [-0.1, -0.05) is 6.07 Å². The molecule has 18 heavy (non-hydrogen) atoms. The van der Waals surface area contributed by atoms with Crippen molar-refractivity contribution in [3.8, 4) is 5.75 Å². The molecule has 0 aliphatic carbocycles. The van der Waals surface area contributed by atoms with Crippen LogP contribution in [0.2, 0.25) is 0 Å². The van der Waals surface area contributed by atoms with Crippen molar-refractivity contribution in [2.75, 3.05) is 32.5 Å². The largest absolute Gasteiger partial charge is 0.492 e. The van der Waals surface area contributed by atoms with Crippen molar-refractivity contribution in [1.29, 1.82) is 0 Å². The quantitative estimate of drug-likeness (QED) is 0.714. The van der Waals surface area contributed by atoms with Gasteiger partial charge >= 0.3 is 5.97 Å². The standard InChI is InChI=1S/C13H20N2O3/c1-3-18-12-5-4-10(8-11(12)14)6-7-15(2)9-13(16)17/h4-5,8H,3,6-7,9,14H2,1-2H3,(H,16,17). The molecular weight excluding hydrogens is 232 g/mol. The van der Waals surface area contributed by atoms with Crippen LogP contribution in [0.5, 0.6) is 5.75 Å². The molecule has 0 amide bonds. The summed E-state index contributed by atoms with van der Waals surface area (Å²) in [5.41, 5.74) is 7.56. The molecule has 0 aromatic heterocycles. The van der Waals surface area contributed by atoms with E-state index in [9.17, 15) is 4.79 Å². The van der Waals surface area contributed by atoms with Crippen molar-refractivity contribution in [3.63, 3.8) is 0 Å². The summed E-state index contributed by atoms with van der Waals surface area (Å²) in [5.74, 6) is -0.121. The summed E-state index contributed by atoms with van der Waals surface area (Å²) in [6, 6.07) is 5.68. The van der Waals surface area contributed by atoms with Gasteiger partial charge in [0.25, 0.3) is 0 Å². The average molecular weight is 252 g/mol. The summed E-state index contributed by atoms with van der Waals surface area (Å²) >= 11 is 0. The Morgan fingerprint density at radius 2 is 2.22 bits per heavy atom. The Balaban J connectivity index is 2.53. The Hall–Kier alpha value is -1.75. The lowest BCUT2D eigenvalue weighted by molar-refractivity contribution is -0.137. The van der Waals surface area contributed by atoms with Gasteiger partial charge in [0.1, 0.15) is 5.75 Å². The van der Waals surface area contributed by atoms with Gasteiger partial charge in [0.15, 0.2) is 0 Å². The van der Waals surface area contributed by atoms with Crippen LogP contribution in [0, 0.1) is 0 Å². The maximum absolute atomic E-state index is 10.5. The topological polar surface area (TPSA) is 75.8 Å². The fraction of sp³-hybridized carbons (Fsp3) is 0.462. The van der Waals surface area contributed by atoms with Crippen LogP contribution >= 0.6 is 0 Å². The van der Waals surface area contributed by atoms with Gasteiger partial charge in [-0.25, -0.2) is 0 Å². The van der Waals surface area contributed by atoms with E-state index in [-0.39, 0.29) is 6.54 Å². The van der Waals surface area contributed by atoms with E-state index >= 15 is 0 Å². The number of hydrogen-bond donors (Lipinski definition) is 2. The summed E-state index contributed by atoms with van der Waals surface area (Å²) in [6.07, 6.45) is 0.764. The lowest BCUT2D eigenvalue weighted by Gasteiger charge is -2.14. The fourth-order valence-electron chi connectivity index (χ4n) is 1.67. The molecule has 0 saturated heterocycles. The first-order valence-corrected chi connectivity index (χ1v) is 5.94. The van der Waals surface area contributed by atoms with E-state index in [4.69, 9.17) is 15.6 Å². The number of anilines is 1. The molecule has 1 rings (SSSR count). The van der Waals surface area contributed by atoms with Crippen molar-refractivity contribution < 1.29 is 14.6 Å². The SMILES string of the molecule is CCOc1ccc(CCN(C)CC(=O)O)cc1N. The number of nitrogen functional groups attached to an aromatic ring is 1. The molecule has 0 aliphatic heterocycles. The second-order valence-electron chi connectivity index (χ2n) is 4.19. The van der Waals surface area contributed by atoms with Gasteiger partial charge in [-0.05, 0) is 38.1 Å². The number of nitrogens with zero attached hydrogens (tertiary/aromatic N) is 1. The van der Waals surface area contributed by atoms with Crippen LogP contribution < -0.4 is 10.5 Å². The molecule has 3 N–H and O–H groups in total. The van der Waals surface area contributed by atoms with Crippen molar-refractivity contribution in [1.82, 2.24) is 4.90 Å².